The van der Waals surface area contributed by atoms with Crippen molar-refractivity contribution >= 4 is 17.5 Å². The van der Waals surface area contributed by atoms with E-state index in [4.69, 9.17) is 0 Å². The van der Waals surface area contributed by atoms with Gasteiger partial charge in [-0.3, -0.25) is 9.59 Å². The lowest BCUT2D eigenvalue weighted by Crippen LogP contribution is -2.49. The number of carbonyl (C=O) groups is 2. The van der Waals surface area contributed by atoms with E-state index < -0.39 is 6.04 Å². The largest absolute Gasteiger partial charge is 0.349 e. The van der Waals surface area contributed by atoms with Crippen LogP contribution in [0.1, 0.15) is 53.7 Å². The number of imidazole rings is 1. The van der Waals surface area contributed by atoms with Crippen LogP contribution in [0.15, 0.2) is 54.9 Å². The van der Waals surface area contributed by atoms with Gasteiger partial charge in [-0.15, -0.1) is 0 Å². The summed E-state index contributed by atoms with van der Waals surface area (Å²) in [6.07, 6.45) is 9.04. The number of aryl methyl sites for hydroxylation is 1. The van der Waals surface area contributed by atoms with Crippen molar-refractivity contribution in [2.24, 2.45) is 5.92 Å². The topological polar surface area (TPSA) is 66.7 Å². The molecule has 1 aliphatic carbocycles. The molecular formula is C25H28N4O2. The fourth-order valence-corrected chi connectivity index (χ4v) is 5.30. The number of hydrogen-bond acceptors (Lipinski definition) is 3. The van der Waals surface area contributed by atoms with Crippen LogP contribution < -0.4 is 5.32 Å². The number of fused-ring (bicyclic) bond motifs is 2. The Hall–Kier alpha value is -3.15. The van der Waals surface area contributed by atoms with Gasteiger partial charge in [0.25, 0.3) is 5.91 Å². The van der Waals surface area contributed by atoms with Crippen LogP contribution in [0.4, 0.5) is 0 Å². The standard InChI is InChI=1S/C25H28N4O2/c1-17-8-7-13-28-16-20(27-23(17)28)15-26-24(30)22-14-19-11-5-6-12-21(19)29(22)25(31)18-9-3-2-4-10-18/h2-4,7-10,13,16,19,21-22H,5-6,11-12,14-15H2,1H3,(H,26,30). The smallest absolute Gasteiger partial charge is 0.254 e. The molecular weight excluding hydrogens is 388 g/mol. The maximum atomic E-state index is 13.4. The van der Waals surface area contributed by atoms with Gasteiger partial charge in [0.05, 0.1) is 12.2 Å². The van der Waals surface area contributed by atoms with E-state index in [1.807, 2.05) is 71.1 Å². The maximum absolute atomic E-state index is 13.4. The first kappa shape index (κ1) is 19.8. The Balaban J connectivity index is 1.35. The summed E-state index contributed by atoms with van der Waals surface area (Å²) in [4.78, 5) is 33.2. The molecule has 160 valence electrons. The minimum absolute atomic E-state index is 0.0292. The van der Waals surface area contributed by atoms with E-state index in [-0.39, 0.29) is 17.9 Å². The lowest BCUT2D eigenvalue weighted by atomic mass is 9.84. The summed E-state index contributed by atoms with van der Waals surface area (Å²) in [7, 11) is 0. The molecule has 3 heterocycles. The van der Waals surface area contributed by atoms with E-state index in [1.54, 1.807) is 0 Å². The summed E-state index contributed by atoms with van der Waals surface area (Å²) >= 11 is 0. The first-order chi connectivity index (χ1) is 15.1. The highest BCUT2D eigenvalue weighted by Gasteiger charge is 2.47. The van der Waals surface area contributed by atoms with Crippen molar-refractivity contribution in [3.8, 4) is 0 Å². The SMILES string of the molecule is Cc1cccn2cc(CNC(=O)C3CC4CCCCC4N3C(=O)c3ccccc3)nc12. The third-order valence-corrected chi connectivity index (χ3v) is 6.82. The van der Waals surface area contributed by atoms with Crippen LogP contribution in [0.25, 0.3) is 5.65 Å². The summed E-state index contributed by atoms with van der Waals surface area (Å²) in [5, 5.41) is 3.06. The number of pyridine rings is 1. The van der Waals surface area contributed by atoms with Crippen molar-refractivity contribution in [2.75, 3.05) is 0 Å². The number of likely N-dealkylation sites (tertiary alicyclic amines) is 1. The van der Waals surface area contributed by atoms with Crippen LogP contribution in [0.3, 0.4) is 0 Å². The number of aromatic nitrogens is 2. The second kappa shape index (κ2) is 8.17. The molecule has 0 bridgehead atoms. The Kier molecular flexibility index (Phi) is 5.22. The minimum Gasteiger partial charge on any atom is -0.349 e. The summed E-state index contributed by atoms with van der Waals surface area (Å²) in [5.74, 6) is 0.306. The van der Waals surface area contributed by atoms with Gasteiger partial charge < -0.3 is 14.6 Å². The Morgan fingerprint density at radius 3 is 2.71 bits per heavy atom. The Labute approximate surface area is 182 Å². The summed E-state index contributed by atoms with van der Waals surface area (Å²) in [5.41, 5.74) is 3.47. The van der Waals surface area contributed by atoms with Crippen LogP contribution >= 0.6 is 0 Å². The molecule has 1 aromatic carbocycles. The fourth-order valence-electron chi connectivity index (χ4n) is 5.30. The predicted octanol–water partition coefficient (Wildman–Crippen LogP) is 3.73. The van der Waals surface area contributed by atoms with Gasteiger partial charge in [0.15, 0.2) is 0 Å². The van der Waals surface area contributed by atoms with Crippen molar-refractivity contribution in [2.45, 2.75) is 57.7 Å². The number of carbonyl (C=O) groups excluding carboxylic acids is 2. The van der Waals surface area contributed by atoms with E-state index in [0.29, 0.717) is 18.0 Å². The zero-order valence-electron chi connectivity index (χ0n) is 17.8. The van der Waals surface area contributed by atoms with Gasteiger partial charge >= 0.3 is 0 Å². The van der Waals surface area contributed by atoms with E-state index in [0.717, 1.165) is 42.6 Å². The van der Waals surface area contributed by atoms with Gasteiger partial charge in [0, 0.05) is 24.0 Å². The van der Waals surface area contributed by atoms with Crippen molar-refractivity contribution in [3.63, 3.8) is 0 Å². The number of benzene rings is 1. The lowest BCUT2D eigenvalue weighted by Gasteiger charge is -2.33. The van der Waals surface area contributed by atoms with Crippen LogP contribution in [0.5, 0.6) is 0 Å². The van der Waals surface area contributed by atoms with E-state index in [1.165, 1.54) is 6.42 Å². The fraction of sp³-hybridized carbons (Fsp3) is 0.400. The molecule has 6 heteroatoms. The number of amides is 2. The minimum atomic E-state index is -0.417. The van der Waals surface area contributed by atoms with Gasteiger partial charge in [0.1, 0.15) is 11.7 Å². The Morgan fingerprint density at radius 2 is 1.90 bits per heavy atom. The predicted molar refractivity (Wildman–Crippen MR) is 119 cm³/mol. The highest BCUT2D eigenvalue weighted by molar-refractivity contribution is 5.98. The Bertz CT molecular complexity index is 1110. The molecule has 0 spiro atoms. The monoisotopic (exact) mass is 416 g/mol. The van der Waals surface area contributed by atoms with Gasteiger partial charge in [-0.1, -0.05) is 37.1 Å². The van der Waals surface area contributed by atoms with Gasteiger partial charge in [-0.05, 0) is 55.9 Å². The lowest BCUT2D eigenvalue weighted by molar-refractivity contribution is -0.125. The maximum Gasteiger partial charge on any atom is 0.254 e. The van der Waals surface area contributed by atoms with Gasteiger partial charge in [-0.2, -0.15) is 0 Å². The number of rotatable bonds is 4. The van der Waals surface area contributed by atoms with Crippen LogP contribution in [0.2, 0.25) is 0 Å². The molecule has 3 aromatic rings. The van der Waals surface area contributed by atoms with E-state index in [2.05, 4.69) is 10.3 Å². The Morgan fingerprint density at radius 1 is 1.10 bits per heavy atom. The van der Waals surface area contributed by atoms with Crippen molar-refractivity contribution in [1.82, 2.24) is 19.6 Å². The third-order valence-electron chi connectivity index (χ3n) is 6.82. The molecule has 31 heavy (non-hydrogen) atoms. The normalized spacial score (nSPS) is 23.0. The van der Waals surface area contributed by atoms with Crippen LogP contribution in [-0.4, -0.2) is 38.2 Å². The molecule has 3 atom stereocenters. The summed E-state index contributed by atoms with van der Waals surface area (Å²) < 4.78 is 1.98. The molecule has 1 N–H and O–H groups in total. The van der Waals surface area contributed by atoms with Crippen LogP contribution in [0, 0.1) is 12.8 Å². The third kappa shape index (κ3) is 3.71. The number of hydrogen-bond donors (Lipinski definition) is 1. The van der Waals surface area contributed by atoms with E-state index in [9.17, 15) is 9.59 Å². The highest BCUT2D eigenvalue weighted by atomic mass is 16.2. The average molecular weight is 417 g/mol. The van der Waals surface area contributed by atoms with Gasteiger partial charge in [0.2, 0.25) is 5.91 Å². The first-order valence-corrected chi connectivity index (χ1v) is 11.2. The molecule has 3 unspecified atom stereocenters. The molecule has 6 nitrogen and oxygen atoms in total. The molecule has 2 aliphatic rings. The molecule has 5 rings (SSSR count). The first-order valence-electron chi connectivity index (χ1n) is 11.2. The van der Waals surface area contributed by atoms with Gasteiger partial charge in [-0.25, -0.2) is 4.98 Å². The molecule has 2 aromatic heterocycles. The molecule has 1 saturated carbocycles. The molecule has 1 saturated heterocycles. The molecule has 1 aliphatic heterocycles. The number of nitrogens with one attached hydrogen (secondary N) is 1. The second-order valence-corrected chi connectivity index (χ2v) is 8.81. The summed E-state index contributed by atoms with van der Waals surface area (Å²) in [6, 6.07) is 13.1. The highest BCUT2D eigenvalue weighted by Crippen LogP contribution is 2.40. The average Bonchev–Trinajstić information content (AvgIpc) is 3.40. The van der Waals surface area contributed by atoms with Crippen molar-refractivity contribution in [1.29, 1.82) is 0 Å². The number of nitrogens with zero attached hydrogens (tertiary/aromatic N) is 3. The van der Waals surface area contributed by atoms with Crippen molar-refractivity contribution < 1.29 is 9.59 Å². The van der Waals surface area contributed by atoms with E-state index >= 15 is 0 Å². The summed E-state index contributed by atoms with van der Waals surface area (Å²) in [6.45, 7) is 2.39. The molecule has 0 radical (unpaired) electrons. The molecule has 2 amide bonds. The zero-order chi connectivity index (χ0) is 21.4. The zero-order valence-corrected chi connectivity index (χ0v) is 17.8. The second-order valence-electron chi connectivity index (χ2n) is 8.81. The van der Waals surface area contributed by atoms with Crippen LogP contribution in [-0.2, 0) is 11.3 Å². The molecule has 2 fully saturated rings. The quantitative estimate of drug-likeness (QED) is 0.705. The van der Waals surface area contributed by atoms with Crippen molar-refractivity contribution in [3.05, 3.63) is 71.7 Å².